The summed E-state index contributed by atoms with van der Waals surface area (Å²) in [5.74, 6) is -0.0440. The summed E-state index contributed by atoms with van der Waals surface area (Å²) in [4.78, 5) is 7.92. The van der Waals surface area contributed by atoms with E-state index in [4.69, 9.17) is 11.6 Å². The van der Waals surface area contributed by atoms with Gasteiger partial charge in [-0.05, 0) is 18.1 Å². The van der Waals surface area contributed by atoms with Crippen LogP contribution in [-0.4, -0.2) is 15.1 Å². The van der Waals surface area contributed by atoms with E-state index in [1.54, 1.807) is 12.3 Å². The highest BCUT2D eigenvalue weighted by atomic mass is 35.5. The van der Waals surface area contributed by atoms with Gasteiger partial charge in [0.25, 0.3) is 0 Å². The van der Waals surface area contributed by atoms with Gasteiger partial charge in [0, 0.05) is 12.3 Å². The molecule has 2 aromatic heterocycles. The van der Waals surface area contributed by atoms with E-state index in [-0.39, 0.29) is 11.0 Å². The van der Waals surface area contributed by atoms with Crippen LogP contribution in [0.2, 0.25) is 5.15 Å². The molecule has 2 aromatic rings. The molecule has 0 aliphatic heterocycles. The number of hydrogen-bond donors (Lipinski definition) is 1. The van der Waals surface area contributed by atoms with Gasteiger partial charge in [0.05, 0.1) is 10.9 Å². The van der Waals surface area contributed by atoms with Crippen LogP contribution in [0, 0.1) is 0 Å². The summed E-state index contributed by atoms with van der Waals surface area (Å²) in [6.07, 6.45) is 2.53. The highest BCUT2D eigenvalue weighted by Crippen LogP contribution is 2.27. The highest BCUT2D eigenvalue weighted by Gasteiger charge is 2.08. The van der Waals surface area contributed by atoms with Crippen molar-refractivity contribution < 1.29 is 5.11 Å². The lowest BCUT2D eigenvalue weighted by atomic mass is 10.1. The summed E-state index contributed by atoms with van der Waals surface area (Å²) < 4.78 is 0. The molecule has 1 N–H and O–H groups in total. The molecule has 0 saturated heterocycles. The molecule has 4 heteroatoms. The second kappa shape index (κ2) is 3.42. The zero-order valence-corrected chi connectivity index (χ0v) is 8.41. The fourth-order valence-electron chi connectivity index (χ4n) is 1.48. The molecule has 0 aliphatic carbocycles. The van der Waals surface area contributed by atoms with Crippen LogP contribution in [0.25, 0.3) is 10.9 Å². The first-order chi connectivity index (χ1) is 6.72. The Bertz CT molecular complexity index is 485. The largest absolute Gasteiger partial charge is 0.493 e. The van der Waals surface area contributed by atoms with Gasteiger partial charge in [0.2, 0.25) is 5.88 Å². The minimum absolute atomic E-state index is 0.0440. The van der Waals surface area contributed by atoms with Gasteiger partial charge in [0.1, 0.15) is 5.15 Å². The summed E-state index contributed by atoms with van der Waals surface area (Å²) in [5.41, 5.74) is 1.71. The molecule has 0 aliphatic rings. The Hall–Kier alpha value is -1.35. The van der Waals surface area contributed by atoms with Crippen molar-refractivity contribution in [3.8, 4) is 5.88 Å². The molecular formula is C10H9ClN2O. The quantitative estimate of drug-likeness (QED) is 0.733. The number of aromatic hydroxyl groups is 1. The third kappa shape index (κ3) is 1.40. The standard InChI is InChI=1S/C10H9ClN2O/c1-2-6-3-4-12-7-5-8(11)13-10(14)9(6)7/h3-5H,2H2,1H3,(H,13,14). The zero-order chi connectivity index (χ0) is 10.1. The fraction of sp³-hybridized carbons (Fsp3) is 0.200. The van der Waals surface area contributed by atoms with Crippen molar-refractivity contribution in [1.82, 2.24) is 9.97 Å². The van der Waals surface area contributed by atoms with Crippen LogP contribution in [-0.2, 0) is 6.42 Å². The average Bonchev–Trinajstić information content (AvgIpc) is 2.16. The first-order valence-electron chi connectivity index (χ1n) is 4.35. The Morgan fingerprint density at radius 1 is 1.50 bits per heavy atom. The van der Waals surface area contributed by atoms with E-state index in [1.165, 1.54) is 0 Å². The normalized spacial score (nSPS) is 10.7. The number of aryl methyl sites for hydroxylation is 1. The average molecular weight is 209 g/mol. The first kappa shape index (κ1) is 9.21. The monoisotopic (exact) mass is 208 g/mol. The van der Waals surface area contributed by atoms with Crippen molar-refractivity contribution in [1.29, 1.82) is 0 Å². The van der Waals surface area contributed by atoms with Gasteiger partial charge in [-0.15, -0.1) is 0 Å². The number of hydrogen-bond acceptors (Lipinski definition) is 3. The van der Waals surface area contributed by atoms with E-state index >= 15 is 0 Å². The second-order valence-electron chi connectivity index (χ2n) is 2.99. The Balaban J connectivity index is 2.87. The molecule has 3 nitrogen and oxygen atoms in total. The lowest BCUT2D eigenvalue weighted by molar-refractivity contribution is 0.460. The maximum Gasteiger partial charge on any atom is 0.222 e. The van der Waals surface area contributed by atoms with E-state index in [2.05, 4.69) is 9.97 Å². The number of pyridine rings is 2. The van der Waals surface area contributed by atoms with Gasteiger partial charge in [-0.25, -0.2) is 4.98 Å². The van der Waals surface area contributed by atoms with Gasteiger partial charge >= 0.3 is 0 Å². The van der Waals surface area contributed by atoms with Crippen LogP contribution in [0.15, 0.2) is 18.3 Å². The summed E-state index contributed by atoms with van der Waals surface area (Å²) >= 11 is 5.71. The van der Waals surface area contributed by atoms with E-state index < -0.39 is 0 Å². The van der Waals surface area contributed by atoms with Gasteiger partial charge in [0.15, 0.2) is 0 Å². The second-order valence-corrected chi connectivity index (χ2v) is 3.37. The van der Waals surface area contributed by atoms with Crippen LogP contribution in [0.4, 0.5) is 0 Å². The summed E-state index contributed by atoms with van der Waals surface area (Å²) in [7, 11) is 0. The first-order valence-corrected chi connectivity index (χ1v) is 4.73. The molecule has 0 fully saturated rings. The molecule has 2 heterocycles. The Kier molecular flexibility index (Phi) is 2.25. The van der Waals surface area contributed by atoms with E-state index in [0.717, 1.165) is 12.0 Å². The van der Waals surface area contributed by atoms with Crippen LogP contribution in [0.5, 0.6) is 5.88 Å². The van der Waals surface area contributed by atoms with Crippen molar-refractivity contribution in [2.45, 2.75) is 13.3 Å². The fourth-order valence-corrected chi connectivity index (χ4v) is 1.67. The number of fused-ring (bicyclic) bond motifs is 1. The van der Waals surface area contributed by atoms with Gasteiger partial charge in [-0.3, -0.25) is 4.98 Å². The minimum Gasteiger partial charge on any atom is -0.493 e. The Morgan fingerprint density at radius 3 is 3.00 bits per heavy atom. The molecule has 0 amide bonds. The van der Waals surface area contributed by atoms with E-state index in [0.29, 0.717) is 10.9 Å². The van der Waals surface area contributed by atoms with Crippen molar-refractivity contribution in [3.63, 3.8) is 0 Å². The molecule has 0 spiro atoms. The molecule has 14 heavy (non-hydrogen) atoms. The number of halogens is 1. The lowest BCUT2D eigenvalue weighted by Gasteiger charge is -2.04. The predicted octanol–water partition coefficient (Wildman–Crippen LogP) is 2.55. The Labute approximate surface area is 86.4 Å². The number of rotatable bonds is 1. The molecule has 0 unspecified atom stereocenters. The third-order valence-electron chi connectivity index (χ3n) is 2.14. The molecule has 2 rings (SSSR count). The van der Waals surface area contributed by atoms with E-state index in [1.807, 2.05) is 13.0 Å². The third-order valence-corrected chi connectivity index (χ3v) is 2.33. The van der Waals surface area contributed by atoms with Crippen molar-refractivity contribution in [2.75, 3.05) is 0 Å². The summed E-state index contributed by atoms with van der Waals surface area (Å²) in [5, 5.41) is 10.6. The van der Waals surface area contributed by atoms with Gasteiger partial charge < -0.3 is 5.11 Å². The van der Waals surface area contributed by atoms with Crippen LogP contribution >= 0.6 is 11.6 Å². The van der Waals surface area contributed by atoms with Crippen molar-refractivity contribution in [3.05, 3.63) is 29.0 Å². The number of nitrogens with zero attached hydrogens (tertiary/aromatic N) is 2. The van der Waals surface area contributed by atoms with Crippen molar-refractivity contribution in [2.24, 2.45) is 0 Å². The topological polar surface area (TPSA) is 46.0 Å². The van der Waals surface area contributed by atoms with Crippen LogP contribution in [0.3, 0.4) is 0 Å². The van der Waals surface area contributed by atoms with E-state index in [9.17, 15) is 5.11 Å². The molecule has 0 bridgehead atoms. The molecule has 72 valence electrons. The molecule has 0 radical (unpaired) electrons. The molecule has 0 atom stereocenters. The number of aromatic nitrogens is 2. The molecule has 0 aromatic carbocycles. The summed E-state index contributed by atoms with van der Waals surface area (Å²) in [6.45, 7) is 2.02. The highest BCUT2D eigenvalue weighted by molar-refractivity contribution is 6.30. The summed E-state index contributed by atoms with van der Waals surface area (Å²) in [6, 6.07) is 3.52. The molecule has 0 saturated carbocycles. The zero-order valence-electron chi connectivity index (χ0n) is 7.66. The SMILES string of the molecule is CCc1ccnc2cc(Cl)nc(O)c12. The predicted molar refractivity (Wildman–Crippen MR) is 55.6 cm³/mol. The van der Waals surface area contributed by atoms with Crippen LogP contribution in [0.1, 0.15) is 12.5 Å². The maximum atomic E-state index is 9.63. The minimum atomic E-state index is -0.0440. The van der Waals surface area contributed by atoms with Gasteiger partial charge in [-0.2, -0.15) is 0 Å². The Morgan fingerprint density at radius 2 is 2.29 bits per heavy atom. The molecular weight excluding hydrogens is 200 g/mol. The van der Waals surface area contributed by atoms with Gasteiger partial charge in [-0.1, -0.05) is 18.5 Å². The van der Waals surface area contributed by atoms with Crippen LogP contribution < -0.4 is 0 Å². The lowest BCUT2D eigenvalue weighted by Crippen LogP contribution is -1.89. The smallest absolute Gasteiger partial charge is 0.222 e. The van der Waals surface area contributed by atoms with Crippen molar-refractivity contribution >= 4 is 22.5 Å². The maximum absolute atomic E-state index is 9.63.